The van der Waals surface area contributed by atoms with Gasteiger partial charge in [0.25, 0.3) is 10.0 Å². The SMILES string of the molecule is COc1ccc(CN(c2cccc(F)n2)S(=O)(=O)c2c(F)cc(N3CCC(C#N)(C=O)C3)c(Cl)c2F)cc1. The smallest absolute Gasteiger partial charge is 0.271 e. The molecule has 1 fully saturated rings. The lowest BCUT2D eigenvalue weighted by Gasteiger charge is -2.26. The Labute approximate surface area is 221 Å². The van der Waals surface area contributed by atoms with Crippen LogP contribution in [0.5, 0.6) is 5.75 Å². The van der Waals surface area contributed by atoms with Crippen molar-refractivity contribution in [3.8, 4) is 11.8 Å². The van der Waals surface area contributed by atoms with Crippen molar-refractivity contribution in [3.05, 3.63) is 76.7 Å². The molecule has 0 saturated carbocycles. The molecule has 2 heterocycles. The number of sulfonamides is 1. The lowest BCUT2D eigenvalue weighted by Crippen LogP contribution is -2.33. The van der Waals surface area contributed by atoms with Gasteiger partial charge in [0.2, 0.25) is 5.95 Å². The molecule has 1 unspecified atom stereocenters. The van der Waals surface area contributed by atoms with Crippen LogP contribution in [0.2, 0.25) is 5.02 Å². The summed E-state index contributed by atoms with van der Waals surface area (Å²) in [5.41, 5.74) is -1.19. The molecule has 0 N–H and O–H groups in total. The van der Waals surface area contributed by atoms with Crippen molar-refractivity contribution >= 4 is 39.4 Å². The normalized spacial score (nSPS) is 17.2. The molecule has 0 amide bonds. The van der Waals surface area contributed by atoms with E-state index in [1.165, 1.54) is 36.3 Å². The number of anilines is 2. The number of pyridine rings is 1. The number of rotatable bonds is 8. The monoisotopic (exact) mass is 564 g/mol. The zero-order valence-electron chi connectivity index (χ0n) is 19.9. The van der Waals surface area contributed by atoms with Gasteiger partial charge in [-0.15, -0.1) is 0 Å². The fourth-order valence-corrected chi connectivity index (χ4v) is 5.96. The highest BCUT2D eigenvalue weighted by atomic mass is 35.5. The third-order valence-electron chi connectivity index (χ3n) is 6.18. The van der Waals surface area contributed by atoms with E-state index in [1.807, 2.05) is 6.07 Å². The number of carbonyl (C=O) groups excluding carboxylic acids is 1. The Balaban J connectivity index is 1.80. The zero-order chi connectivity index (χ0) is 27.7. The summed E-state index contributed by atoms with van der Waals surface area (Å²) in [4.78, 5) is 15.0. The molecule has 0 radical (unpaired) electrons. The van der Waals surface area contributed by atoms with Gasteiger partial charge in [0, 0.05) is 19.2 Å². The molecule has 1 aliphatic rings. The molecule has 8 nitrogen and oxygen atoms in total. The number of ether oxygens (including phenoxy) is 1. The second kappa shape index (κ2) is 10.5. The summed E-state index contributed by atoms with van der Waals surface area (Å²) in [5, 5.41) is 8.63. The molecule has 3 aromatic rings. The molecule has 38 heavy (non-hydrogen) atoms. The molecule has 4 rings (SSSR count). The van der Waals surface area contributed by atoms with E-state index in [4.69, 9.17) is 16.3 Å². The Morgan fingerprint density at radius 2 is 1.95 bits per heavy atom. The number of hydrogen-bond donors (Lipinski definition) is 0. The van der Waals surface area contributed by atoms with Crippen LogP contribution in [0.25, 0.3) is 0 Å². The number of methoxy groups -OCH3 is 1. The molecule has 0 spiro atoms. The fraction of sp³-hybridized carbons (Fsp3) is 0.240. The van der Waals surface area contributed by atoms with Gasteiger partial charge in [-0.25, -0.2) is 26.5 Å². The average Bonchev–Trinajstić information content (AvgIpc) is 3.34. The Morgan fingerprint density at radius 1 is 1.24 bits per heavy atom. The number of halogens is 4. The molecule has 0 bridgehead atoms. The van der Waals surface area contributed by atoms with Gasteiger partial charge in [-0.1, -0.05) is 29.8 Å². The maximum absolute atomic E-state index is 15.6. The standard InChI is InChI=1S/C25H20ClF3N4O4S/c1-37-17-7-5-16(6-8-17)12-33(21-4-2-3-20(28)31-21)38(35,36)24-18(27)11-19(22(26)23(24)29)32-10-9-25(13-30,14-32)15-34/h2-8,11,15H,9-10,12,14H2,1H3. The molecular formula is C25H20ClF3N4O4S. The van der Waals surface area contributed by atoms with Gasteiger partial charge >= 0.3 is 0 Å². The molecule has 13 heteroatoms. The van der Waals surface area contributed by atoms with E-state index in [2.05, 4.69) is 4.98 Å². The number of aldehydes is 1. The highest BCUT2D eigenvalue weighted by molar-refractivity contribution is 7.92. The number of nitrogens with zero attached hydrogens (tertiary/aromatic N) is 4. The van der Waals surface area contributed by atoms with Crippen LogP contribution >= 0.6 is 11.6 Å². The maximum Gasteiger partial charge on any atom is 0.271 e. The third-order valence-corrected chi connectivity index (χ3v) is 8.32. The van der Waals surface area contributed by atoms with Crippen molar-refractivity contribution < 1.29 is 31.1 Å². The number of benzene rings is 2. The van der Waals surface area contributed by atoms with Crippen molar-refractivity contribution in [1.82, 2.24) is 4.98 Å². The second-order valence-corrected chi connectivity index (χ2v) is 10.7. The lowest BCUT2D eigenvalue weighted by molar-refractivity contribution is -0.113. The van der Waals surface area contributed by atoms with Crippen molar-refractivity contribution in [2.75, 3.05) is 29.4 Å². The minimum absolute atomic E-state index is 0.0911. The fourth-order valence-electron chi connectivity index (χ4n) is 4.12. The van der Waals surface area contributed by atoms with Crippen LogP contribution in [0, 0.1) is 34.3 Å². The van der Waals surface area contributed by atoms with Crippen LogP contribution in [0.1, 0.15) is 12.0 Å². The maximum atomic E-state index is 15.6. The van der Waals surface area contributed by atoms with Crippen LogP contribution in [0.4, 0.5) is 24.7 Å². The van der Waals surface area contributed by atoms with E-state index in [0.29, 0.717) is 21.9 Å². The van der Waals surface area contributed by atoms with Gasteiger partial charge < -0.3 is 14.4 Å². The van der Waals surface area contributed by atoms with E-state index in [1.54, 1.807) is 12.1 Å². The minimum atomic E-state index is -5.03. The van der Waals surface area contributed by atoms with Gasteiger partial charge in [0.1, 0.15) is 34.1 Å². The molecule has 2 aromatic carbocycles. The molecule has 1 aromatic heterocycles. The first kappa shape index (κ1) is 27.2. The Morgan fingerprint density at radius 3 is 2.53 bits per heavy atom. The van der Waals surface area contributed by atoms with Crippen LogP contribution in [-0.2, 0) is 21.4 Å². The summed E-state index contributed by atoms with van der Waals surface area (Å²) >= 11 is 6.18. The summed E-state index contributed by atoms with van der Waals surface area (Å²) in [6.07, 6.45) is 0.572. The van der Waals surface area contributed by atoms with Crippen LogP contribution < -0.4 is 13.9 Å². The first-order valence-electron chi connectivity index (χ1n) is 11.1. The van der Waals surface area contributed by atoms with Gasteiger partial charge in [-0.05, 0) is 36.2 Å². The van der Waals surface area contributed by atoms with Gasteiger partial charge in [0.05, 0.1) is 25.4 Å². The predicted octanol–water partition coefficient (Wildman–Crippen LogP) is 4.48. The lowest BCUT2D eigenvalue weighted by atomic mass is 9.91. The highest BCUT2D eigenvalue weighted by Crippen LogP contribution is 2.40. The van der Waals surface area contributed by atoms with Crippen molar-refractivity contribution in [2.45, 2.75) is 17.9 Å². The molecule has 1 aliphatic heterocycles. The summed E-state index contributed by atoms with van der Waals surface area (Å²) in [7, 11) is -3.58. The largest absolute Gasteiger partial charge is 0.497 e. The van der Waals surface area contributed by atoms with E-state index < -0.39 is 55.3 Å². The van der Waals surface area contributed by atoms with E-state index in [9.17, 15) is 22.9 Å². The Hall–Kier alpha value is -3.82. The highest BCUT2D eigenvalue weighted by Gasteiger charge is 2.41. The summed E-state index contributed by atoms with van der Waals surface area (Å²) in [6, 6.07) is 12.2. The summed E-state index contributed by atoms with van der Waals surface area (Å²) in [6.45, 7) is -0.528. The minimum Gasteiger partial charge on any atom is -0.497 e. The van der Waals surface area contributed by atoms with E-state index >= 15 is 8.78 Å². The quantitative estimate of drug-likeness (QED) is 0.226. The summed E-state index contributed by atoms with van der Waals surface area (Å²) in [5.74, 6) is -3.96. The molecular weight excluding hydrogens is 545 g/mol. The van der Waals surface area contributed by atoms with Gasteiger partial charge in [0.15, 0.2) is 10.7 Å². The third kappa shape index (κ3) is 4.99. The first-order chi connectivity index (χ1) is 18.0. The van der Waals surface area contributed by atoms with Gasteiger partial charge in [-0.3, -0.25) is 0 Å². The van der Waals surface area contributed by atoms with Crippen molar-refractivity contribution in [2.24, 2.45) is 5.41 Å². The van der Waals surface area contributed by atoms with Gasteiger partial charge in [-0.2, -0.15) is 9.65 Å². The van der Waals surface area contributed by atoms with Crippen molar-refractivity contribution in [1.29, 1.82) is 5.26 Å². The molecule has 1 saturated heterocycles. The number of hydrogen-bond acceptors (Lipinski definition) is 7. The number of aromatic nitrogens is 1. The topological polar surface area (TPSA) is 104 Å². The zero-order valence-corrected chi connectivity index (χ0v) is 21.4. The van der Waals surface area contributed by atoms with Crippen LogP contribution in [0.3, 0.4) is 0 Å². The number of nitriles is 1. The first-order valence-corrected chi connectivity index (χ1v) is 13.0. The van der Waals surface area contributed by atoms with E-state index in [0.717, 1.165) is 12.1 Å². The van der Waals surface area contributed by atoms with E-state index in [-0.39, 0.29) is 25.2 Å². The molecule has 0 aliphatic carbocycles. The predicted molar refractivity (Wildman–Crippen MR) is 133 cm³/mol. The number of carbonyl (C=O) groups is 1. The summed E-state index contributed by atoms with van der Waals surface area (Å²) < 4.78 is 78.0. The Bertz CT molecular complexity index is 1530. The average molecular weight is 565 g/mol. The second-order valence-electron chi connectivity index (χ2n) is 8.57. The van der Waals surface area contributed by atoms with Crippen molar-refractivity contribution in [3.63, 3.8) is 0 Å². The van der Waals surface area contributed by atoms with Crippen LogP contribution in [-0.4, -0.2) is 39.9 Å². The Kier molecular flexibility index (Phi) is 7.53. The van der Waals surface area contributed by atoms with Crippen LogP contribution in [0.15, 0.2) is 53.4 Å². The molecule has 1 atom stereocenters. The molecule has 198 valence electrons.